The second-order valence-corrected chi connectivity index (χ2v) is 3.26. The number of hydrogen-bond donors (Lipinski definition) is 0. The SMILES string of the molecule is CCn1nnc(Br)c1I. The highest BCUT2D eigenvalue weighted by Gasteiger charge is 2.02. The predicted octanol–water partition coefficient (Wildman–Crippen LogP) is 1.67. The molecule has 1 heterocycles. The van der Waals surface area contributed by atoms with Gasteiger partial charge in [0.05, 0.1) is 0 Å². The van der Waals surface area contributed by atoms with Crippen molar-refractivity contribution in [3.05, 3.63) is 8.30 Å². The van der Waals surface area contributed by atoms with Crippen molar-refractivity contribution in [2.75, 3.05) is 0 Å². The van der Waals surface area contributed by atoms with Gasteiger partial charge in [-0.1, -0.05) is 5.21 Å². The first-order valence-electron chi connectivity index (χ1n) is 2.50. The first-order chi connectivity index (χ1) is 4.25. The molecule has 5 heteroatoms. The van der Waals surface area contributed by atoms with E-state index in [-0.39, 0.29) is 0 Å². The Kier molecular flexibility index (Phi) is 2.45. The van der Waals surface area contributed by atoms with E-state index in [1.165, 1.54) is 0 Å². The standard InChI is InChI=1S/C4H5BrIN3/c1-2-9-4(6)3(5)7-8-9/h2H2,1H3. The molecule has 0 aliphatic carbocycles. The Balaban J connectivity index is 3.04. The van der Waals surface area contributed by atoms with Crippen molar-refractivity contribution >= 4 is 38.5 Å². The van der Waals surface area contributed by atoms with Crippen molar-refractivity contribution in [1.29, 1.82) is 0 Å². The smallest absolute Gasteiger partial charge is 0.161 e. The van der Waals surface area contributed by atoms with E-state index in [2.05, 4.69) is 48.8 Å². The maximum Gasteiger partial charge on any atom is 0.161 e. The number of halogens is 2. The number of nitrogens with zero attached hydrogens (tertiary/aromatic N) is 3. The molecule has 0 saturated heterocycles. The van der Waals surface area contributed by atoms with Gasteiger partial charge in [0.1, 0.15) is 3.70 Å². The van der Waals surface area contributed by atoms with Crippen LogP contribution in [0.2, 0.25) is 0 Å². The van der Waals surface area contributed by atoms with Gasteiger partial charge in [-0.25, -0.2) is 4.68 Å². The van der Waals surface area contributed by atoms with Crippen LogP contribution in [0, 0.1) is 3.70 Å². The molecule has 9 heavy (non-hydrogen) atoms. The van der Waals surface area contributed by atoms with Crippen LogP contribution in [0.25, 0.3) is 0 Å². The number of aromatic nitrogens is 3. The monoisotopic (exact) mass is 301 g/mol. The third-order valence-corrected chi connectivity index (χ3v) is 3.28. The Labute approximate surface area is 75.1 Å². The normalized spacial score (nSPS) is 10.1. The van der Waals surface area contributed by atoms with Gasteiger partial charge in [0.15, 0.2) is 4.60 Å². The largest absolute Gasteiger partial charge is 0.238 e. The molecule has 0 aliphatic heterocycles. The zero-order valence-corrected chi connectivity index (χ0v) is 8.55. The lowest BCUT2D eigenvalue weighted by Gasteiger charge is -1.91. The molecule has 0 amide bonds. The Bertz CT molecular complexity index is 210. The van der Waals surface area contributed by atoms with Crippen molar-refractivity contribution in [1.82, 2.24) is 15.0 Å². The Morgan fingerprint density at radius 3 is 2.67 bits per heavy atom. The fourth-order valence-corrected chi connectivity index (χ4v) is 1.30. The summed E-state index contributed by atoms with van der Waals surface area (Å²) in [6, 6.07) is 0. The topological polar surface area (TPSA) is 30.7 Å². The maximum atomic E-state index is 3.85. The second kappa shape index (κ2) is 2.96. The van der Waals surface area contributed by atoms with Gasteiger partial charge in [0, 0.05) is 6.54 Å². The maximum absolute atomic E-state index is 3.85. The van der Waals surface area contributed by atoms with Crippen LogP contribution in [0.5, 0.6) is 0 Å². The number of rotatable bonds is 1. The first kappa shape index (κ1) is 7.46. The number of hydrogen-bond acceptors (Lipinski definition) is 2. The zero-order valence-electron chi connectivity index (χ0n) is 4.80. The van der Waals surface area contributed by atoms with Gasteiger partial charge in [0.2, 0.25) is 0 Å². The van der Waals surface area contributed by atoms with E-state index in [9.17, 15) is 0 Å². The Morgan fingerprint density at radius 2 is 2.44 bits per heavy atom. The van der Waals surface area contributed by atoms with Crippen LogP contribution in [0.1, 0.15) is 6.92 Å². The van der Waals surface area contributed by atoms with Crippen LogP contribution in [0.3, 0.4) is 0 Å². The third-order valence-electron chi connectivity index (χ3n) is 0.937. The van der Waals surface area contributed by atoms with Crippen molar-refractivity contribution < 1.29 is 0 Å². The van der Waals surface area contributed by atoms with Gasteiger partial charge >= 0.3 is 0 Å². The lowest BCUT2D eigenvalue weighted by atomic mass is 10.7. The fourth-order valence-electron chi connectivity index (χ4n) is 0.482. The molecule has 3 nitrogen and oxygen atoms in total. The molecule has 0 aliphatic rings. The molecule has 0 bridgehead atoms. The molecule has 1 rings (SSSR count). The van der Waals surface area contributed by atoms with Gasteiger partial charge in [-0.15, -0.1) is 5.10 Å². The average Bonchev–Trinajstić information content (AvgIpc) is 2.15. The van der Waals surface area contributed by atoms with Crippen LogP contribution >= 0.6 is 38.5 Å². The molecule has 0 radical (unpaired) electrons. The summed E-state index contributed by atoms with van der Waals surface area (Å²) in [6.45, 7) is 2.90. The third kappa shape index (κ3) is 1.43. The van der Waals surface area contributed by atoms with Crippen molar-refractivity contribution in [2.24, 2.45) is 0 Å². The molecule has 1 aromatic heterocycles. The highest BCUT2D eigenvalue weighted by molar-refractivity contribution is 14.1. The molecule has 0 atom stereocenters. The van der Waals surface area contributed by atoms with E-state index in [0.717, 1.165) is 14.8 Å². The zero-order chi connectivity index (χ0) is 6.85. The molecule has 0 aromatic carbocycles. The molecule has 50 valence electrons. The molecule has 0 spiro atoms. The van der Waals surface area contributed by atoms with Crippen LogP contribution < -0.4 is 0 Å². The minimum Gasteiger partial charge on any atom is -0.238 e. The second-order valence-electron chi connectivity index (χ2n) is 1.49. The average molecular weight is 302 g/mol. The van der Waals surface area contributed by atoms with Crippen LogP contribution in [-0.4, -0.2) is 15.0 Å². The lowest BCUT2D eigenvalue weighted by Crippen LogP contribution is -1.98. The lowest BCUT2D eigenvalue weighted by molar-refractivity contribution is 0.614. The number of aryl methyl sites for hydroxylation is 1. The Morgan fingerprint density at radius 1 is 1.78 bits per heavy atom. The van der Waals surface area contributed by atoms with E-state index in [1.807, 2.05) is 11.6 Å². The molecule has 0 unspecified atom stereocenters. The molecule has 0 saturated carbocycles. The minimum absolute atomic E-state index is 0.824. The Hall–Kier alpha value is 0.350. The summed E-state index contributed by atoms with van der Waals surface area (Å²) < 4.78 is 3.70. The van der Waals surface area contributed by atoms with Crippen LogP contribution in [0.4, 0.5) is 0 Å². The molecule has 1 aromatic rings. The van der Waals surface area contributed by atoms with Crippen LogP contribution in [0.15, 0.2) is 4.60 Å². The fraction of sp³-hybridized carbons (Fsp3) is 0.500. The first-order valence-corrected chi connectivity index (χ1v) is 4.37. The van der Waals surface area contributed by atoms with Crippen molar-refractivity contribution in [2.45, 2.75) is 13.5 Å². The molecular formula is C4H5BrIN3. The quantitative estimate of drug-likeness (QED) is 0.739. The molecule has 0 fully saturated rings. The summed E-state index contributed by atoms with van der Waals surface area (Å²) in [7, 11) is 0. The summed E-state index contributed by atoms with van der Waals surface area (Å²) >= 11 is 5.45. The highest BCUT2D eigenvalue weighted by Crippen LogP contribution is 2.13. The van der Waals surface area contributed by atoms with E-state index in [1.54, 1.807) is 0 Å². The minimum atomic E-state index is 0.824. The van der Waals surface area contributed by atoms with Gasteiger partial charge in [-0.2, -0.15) is 0 Å². The molecule has 0 N–H and O–H groups in total. The van der Waals surface area contributed by atoms with E-state index in [4.69, 9.17) is 0 Å². The van der Waals surface area contributed by atoms with Crippen LogP contribution in [-0.2, 0) is 6.54 Å². The van der Waals surface area contributed by atoms with Crippen molar-refractivity contribution in [3.8, 4) is 0 Å². The summed E-state index contributed by atoms with van der Waals surface area (Å²) in [5.41, 5.74) is 0. The summed E-state index contributed by atoms with van der Waals surface area (Å²) in [5.74, 6) is 0. The molecular weight excluding hydrogens is 297 g/mol. The van der Waals surface area contributed by atoms with Gasteiger partial charge < -0.3 is 0 Å². The van der Waals surface area contributed by atoms with Gasteiger partial charge in [0.25, 0.3) is 0 Å². The van der Waals surface area contributed by atoms with E-state index < -0.39 is 0 Å². The van der Waals surface area contributed by atoms with Gasteiger partial charge in [-0.05, 0) is 45.4 Å². The predicted molar refractivity (Wildman–Crippen MR) is 46.1 cm³/mol. The van der Waals surface area contributed by atoms with Gasteiger partial charge in [-0.3, -0.25) is 0 Å². The summed E-state index contributed by atoms with van der Waals surface area (Å²) in [6.07, 6.45) is 0. The van der Waals surface area contributed by atoms with E-state index in [0.29, 0.717) is 0 Å². The summed E-state index contributed by atoms with van der Waals surface area (Å²) in [5, 5.41) is 7.66. The highest BCUT2D eigenvalue weighted by atomic mass is 127. The van der Waals surface area contributed by atoms with E-state index >= 15 is 0 Å². The summed E-state index contributed by atoms with van der Waals surface area (Å²) in [4.78, 5) is 0. The van der Waals surface area contributed by atoms with Crippen molar-refractivity contribution in [3.63, 3.8) is 0 Å².